The van der Waals surface area contributed by atoms with Crippen molar-refractivity contribution in [3.05, 3.63) is 0 Å². The highest BCUT2D eigenvalue weighted by Gasteiger charge is 2.35. The van der Waals surface area contributed by atoms with E-state index in [-0.39, 0.29) is 12.5 Å². The van der Waals surface area contributed by atoms with E-state index in [4.69, 9.17) is 5.11 Å². The SMILES string of the molecule is C[C@@H]1NCCN(S(C)(=O)=O)[C@H]1CC(=O)O. The molecule has 2 N–H and O–H groups in total. The van der Waals surface area contributed by atoms with Gasteiger partial charge in [0.1, 0.15) is 0 Å². The molecule has 0 aliphatic carbocycles. The molecule has 1 saturated heterocycles. The van der Waals surface area contributed by atoms with E-state index in [1.54, 1.807) is 6.92 Å². The van der Waals surface area contributed by atoms with Crippen LogP contribution < -0.4 is 5.32 Å². The third kappa shape index (κ3) is 3.15. The molecule has 0 bridgehead atoms. The van der Waals surface area contributed by atoms with Crippen LogP contribution in [0.3, 0.4) is 0 Å². The number of rotatable bonds is 3. The first-order valence-electron chi connectivity index (χ1n) is 4.74. The van der Waals surface area contributed by atoms with Crippen LogP contribution in [0.5, 0.6) is 0 Å². The van der Waals surface area contributed by atoms with Crippen LogP contribution in [0.25, 0.3) is 0 Å². The first-order valence-corrected chi connectivity index (χ1v) is 6.59. The van der Waals surface area contributed by atoms with Gasteiger partial charge in [0.15, 0.2) is 0 Å². The van der Waals surface area contributed by atoms with Crippen molar-refractivity contribution >= 4 is 16.0 Å². The predicted molar refractivity (Wildman–Crippen MR) is 55.1 cm³/mol. The Labute approximate surface area is 89.3 Å². The molecule has 0 unspecified atom stereocenters. The van der Waals surface area contributed by atoms with Crippen molar-refractivity contribution < 1.29 is 18.3 Å². The number of carboxylic acids is 1. The van der Waals surface area contributed by atoms with Gasteiger partial charge in [0, 0.05) is 19.1 Å². The van der Waals surface area contributed by atoms with Crippen molar-refractivity contribution in [3.8, 4) is 0 Å². The van der Waals surface area contributed by atoms with Crippen molar-refractivity contribution in [1.82, 2.24) is 9.62 Å². The highest BCUT2D eigenvalue weighted by Crippen LogP contribution is 2.16. The van der Waals surface area contributed by atoms with E-state index < -0.39 is 22.0 Å². The van der Waals surface area contributed by atoms with Gasteiger partial charge in [0.25, 0.3) is 0 Å². The van der Waals surface area contributed by atoms with Gasteiger partial charge in [-0.1, -0.05) is 0 Å². The molecule has 0 radical (unpaired) electrons. The molecule has 0 aromatic rings. The lowest BCUT2D eigenvalue weighted by atomic mass is 10.0. The molecule has 0 aromatic carbocycles. The van der Waals surface area contributed by atoms with Crippen LogP contribution in [-0.4, -0.2) is 55.2 Å². The molecule has 88 valence electrons. The van der Waals surface area contributed by atoms with Crippen molar-refractivity contribution in [2.24, 2.45) is 0 Å². The van der Waals surface area contributed by atoms with Crippen molar-refractivity contribution in [2.75, 3.05) is 19.3 Å². The second kappa shape index (κ2) is 4.46. The van der Waals surface area contributed by atoms with Crippen LogP contribution in [0.1, 0.15) is 13.3 Å². The minimum Gasteiger partial charge on any atom is -0.481 e. The average Bonchev–Trinajstić information content (AvgIpc) is 2.05. The van der Waals surface area contributed by atoms with Gasteiger partial charge in [-0.05, 0) is 6.92 Å². The van der Waals surface area contributed by atoms with Gasteiger partial charge in [-0.15, -0.1) is 0 Å². The molecule has 1 aliphatic rings. The van der Waals surface area contributed by atoms with E-state index in [1.165, 1.54) is 4.31 Å². The smallest absolute Gasteiger partial charge is 0.305 e. The van der Waals surface area contributed by atoms with E-state index in [9.17, 15) is 13.2 Å². The number of hydrogen-bond donors (Lipinski definition) is 2. The number of nitrogens with zero attached hydrogens (tertiary/aromatic N) is 1. The van der Waals surface area contributed by atoms with Crippen LogP contribution in [-0.2, 0) is 14.8 Å². The number of hydrogen-bond acceptors (Lipinski definition) is 4. The first-order chi connectivity index (χ1) is 6.82. The molecule has 0 aromatic heterocycles. The summed E-state index contributed by atoms with van der Waals surface area (Å²) in [5.41, 5.74) is 0. The quantitative estimate of drug-likeness (QED) is 0.662. The summed E-state index contributed by atoms with van der Waals surface area (Å²) in [5, 5.41) is 11.8. The predicted octanol–water partition coefficient (Wildman–Crippen LogP) is -0.917. The van der Waals surface area contributed by atoms with Gasteiger partial charge in [0.2, 0.25) is 10.0 Å². The molecule has 7 heteroatoms. The van der Waals surface area contributed by atoms with E-state index >= 15 is 0 Å². The van der Waals surface area contributed by atoms with Gasteiger partial charge < -0.3 is 10.4 Å². The van der Waals surface area contributed by atoms with Crippen LogP contribution in [0.4, 0.5) is 0 Å². The monoisotopic (exact) mass is 236 g/mol. The molecular formula is C8H16N2O4S. The third-order valence-corrected chi connectivity index (χ3v) is 3.86. The van der Waals surface area contributed by atoms with Gasteiger partial charge in [-0.3, -0.25) is 4.79 Å². The molecule has 15 heavy (non-hydrogen) atoms. The van der Waals surface area contributed by atoms with Crippen molar-refractivity contribution in [3.63, 3.8) is 0 Å². The number of carbonyl (C=O) groups is 1. The number of nitrogens with one attached hydrogen (secondary N) is 1. The lowest BCUT2D eigenvalue weighted by molar-refractivity contribution is -0.138. The van der Waals surface area contributed by atoms with E-state index in [0.717, 1.165) is 6.26 Å². The highest BCUT2D eigenvalue weighted by atomic mass is 32.2. The zero-order chi connectivity index (χ0) is 11.6. The normalized spacial score (nSPS) is 28.9. The Kier molecular flexibility index (Phi) is 3.69. The number of sulfonamides is 1. The lowest BCUT2D eigenvalue weighted by Crippen LogP contribution is -2.58. The maximum atomic E-state index is 11.4. The molecule has 0 saturated carbocycles. The molecule has 0 spiro atoms. The number of piperazine rings is 1. The fourth-order valence-electron chi connectivity index (χ4n) is 1.82. The van der Waals surface area contributed by atoms with Crippen LogP contribution in [0.15, 0.2) is 0 Å². The Balaban J connectivity index is 2.87. The summed E-state index contributed by atoms with van der Waals surface area (Å²) in [6.07, 6.45) is 0.946. The molecule has 6 nitrogen and oxygen atoms in total. The Bertz CT molecular complexity index is 341. The third-order valence-electron chi connectivity index (χ3n) is 2.56. The first kappa shape index (κ1) is 12.4. The number of aliphatic carboxylic acids is 1. The minimum absolute atomic E-state index is 0.135. The summed E-state index contributed by atoms with van der Waals surface area (Å²) in [6.45, 7) is 2.69. The lowest BCUT2D eigenvalue weighted by Gasteiger charge is -2.38. The fourth-order valence-corrected chi connectivity index (χ4v) is 2.99. The summed E-state index contributed by atoms with van der Waals surface area (Å²) in [7, 11) is -3.32. The summed E-state index contributed by atoms with van der Waals surface area (Å²) in [6, 6.07) is -0.629. The van der Waals surface area contributed by atoms with Crippen LogP contribution in [0.2, 0.25) is 0 Å². The van der Waals surface area contributed by atoms with Crippen LogP contribution >= 0.6 is 0 Å². The fraction of sp³-hybridized carbons (Fsp3) is 0.875. The van der Waals surface area contributed by atoms with E-state index in [2.05, 4.69) is 5.32 Å². The Morgan fingerprint density at radius 2 is 2.20 bits per heavy atom. The summed E-state index contributed by atoms with van der Waals surface area (Å²) in [4.78, 5) is 10.6. The molecule has 2 atom stereocenters. The van der Waals surface area contributed by atoms with Crippen LogP contribution in [0, 0.1) is 0 Å². The maximum absolute atomic E-state index is 11.4. The summed E-state index contributed by atoms with van der Waals surface area (Å²) < 4.78 is 24.1. The summed E-state index contributed by atoms with van der Waals surface area (Å²) >= 11 is 0. The molecule has 1 fully saturated rings. The van der Waals surface area contributed by atoms with E-state index in [1.807, 2.05) is 0 Å². The Morgan fingerprint density at radius 3 is 2.67 bits per heavy atom. The Morgan fingerprint density at radius 1 is 1.60 bits per heavy atom. The number of carboxylic acid groups (broad SMARTS) is 1. The van der Waals surface area contributed by atoms with Crippen molar-refractivity contribution in [2.45, 2.75) is 25.4 Å². The largest absolute Gasteiger partial charge is 0.481 e. The average molecular weight is 236 g/mol. The zero-order valence-corrected chi connectivity index (χ0v) is 9.62. The topological polar surface area (TPSA) is 86.7 Å². The van der Waals surface area contributed by atoms with Gasteiger partial charge in [-0.2, -0.15) is 4.31 Å². The van der Waals surface area contributed by atoms with Gasteiger partial charge in [-0.25, -0.2) is 8.42 Å². The summed E-state index contributed by atoms with van der Waals surface area (Å²) in [5.74, 6) is -0.982. The standard InChI is InChI=1S/C8H16N2O4S/c1-6-7(5-8(11)12)10(4-3-9-6)15(2,13)14/h6-7,9H,3-5H2,1-2H3,(H,11,12)/t6-,7-/m0/s1. The van der Waals surface area contributed by atoms with E-state index in [0.29, 0.717) is 13.1 Å². The molecule has 1 aliphatic heterocycles. The maximum Gasteiger partial charge on any atom is 0.305 e. The van der Waals surface area contributed by atoms with Gasteiger partial charge >= 0.3 is 5.97 Å². The Hall–Kier alpha value is -0.660. The minimum atomic E-state index is -3.32. The molecular weight excluding hydrogens is 220 g/mol. The molecule has 1 rings (SSSR count). The second-order valence-electron chi connectivity index (χ2n) is 3.78. The zero-order valence-electron chi connectivity index (χ0n) is 8.80. The molecule has 1 heterocycles. The molecule has 0 amide bonds. The van der Waals surface area contributed by atoms with Crippen molar-refractivity contribution in [1.29, 1.82) is 0 Å². The highest BCUT2D eigenvalue weighted by molar-refractivity contribution is 7.88. The second-order valence-corrected chi connectivity index (χ2v) is 5.72. The van der Waals surface area contributed by atoms with Gasteiger partial charge in [0.05, 0.1) is 18.7 Å².